The van der Waals surface area contributed by atoms with Crippen LogP contribution in [-0.2, 0) is 0 Å². The Morgan fingerprint density at radius 3 is 1.44 bits per heavy atom. The third-order valence-electron chi connectivity index (χ3n) is 6.24. The maximum Gasteiger partial charge on any atom is 0.199 e. The minimum Gasteiger partial charge on any atom is -0.507 e. The summed E-state index contributed by atoms with van der Waals surface area (Å²) in [5.74, 6) is 0.973. The Morgan fingerprint density at radius 1 is 0.688 bits per heavy atom. The van der Waals surface area contributed by atoms with Crippen molar-refractivity contribution in [3.05, 3.63) is 87.5 Å². The van der Waals surface area contributed by atoms with E-state index in [1.54, 1.807) is 0 Å². The highest BCUT2D eigenvalue weighted by Gasteiger charge is 2.26. The Hall–Kier alpha value is -3.07. The number of rotatable bonds is 4. The Morgan fingerprint density at radius 2 is 1.09 bits per heavy atom. The highest BCUT2D eigenvalue weighted by molar-refractivity contribution is 6.04. The third kappa shape index (κ3) is 4.29. The Labute approximate surface area is 192 Å². The normalized spacial score (nSPS) is 13.4. The number of aryl methyl sites for hydroxylation is 2. The van der Waals surface area contributed by atoms with Crippen LogP contribution in [0.25, 0.3) is 5.57 Å². The topological polar surface area (TPSA) is 43.5 Å². The number of phenols is 2. The fraction of sp³-hybridized carbons (Fsp3) is 0.345. The van der Waals surface area contributed by atoms with Gasteiger partial charge in [-0.3, -0.25) is 0 Å². The molecule has 1 aliphatic rings. The molecule has 0 unspecified atom stereocenters. The predicted molar refractivity (Wildman–Crippen MR) is 135 cm³/mol. The first kappa shape index (κ1) is 23.6. The molecule has 0 fully saturated rings. The molecule has 2 N–H and O–H groups in total. The van der Waals surface area contributed by atoms with Gasteiger partial charge in [-0.15, -0.1) is 0 Å². The minimum absolute atomic E-state index is 0.210. The van der Waals surface area contributed by atoms with E-state index in [4.69, 9.17) is 0 Å². The van der Waals surface area contributed by atoms with E-state index in [0.29, 0.717) is 0 Å². The van der Waals surface area contributed by atoms with Gasteiger partial charge in [0.1, 0.15) is 25.6 Å². The molecule has 2 aromatic rings. The zero-order valence-electron chi connectivity index (χ0n) is 20.6. The molecule has 0 bridgehead atoms. The maximum absolute atomic E-state index is 11.3. The van der Waals surface area contributed by atoms with Crippen LogP contribution in [0.1, 0.15) is 72.9 Å². The number of hydrogen-bond donors (Lipinski definition) is 2. The quantitative estimate of drug-likeness (QED) is 0.537. The first-order valence-corrected chi connectivity index (χ1v) is 11.3. The molecule has 0 radical (unpaired) electrons. The first-order chi connectivity index (χ1) is 15.0. The van der Waals surface area contributed by atoms with Gasteiger partial charge in [-0.05, 0) is 65.7 Å². The fourth-order valence-corrected chi connectivity index (χ4v) is 4.25. The Kier molecular flexibility index (Phi) is 6.78. The van der Waals surface area contributed by atoms with Crippen LogP contribution in [-0.4, -0.2) is 34.6 Å². The van der Waals surface area contributed by atoms with Gasteiger partial charge in [0, 0.05) is 28.9 Å². The molecule has 0 amide bonds. The van der Waals surface area contributed by atoms with Crippen molar-refractivity contribution in [2.75, 3.05) is 14.1 Å². The lowest BCUT2D eigenvalue weighted by atomic mass is 9.80. The summed E-state index contributed by atoms with van der Waals surface area (Å²) in [5, 5.41) is 22.7. The van der Waals surface area contributed by atoms with E-state index in [0.717, 1.165) is 50.2 Å². The van der Waals surface area contributed by atoms with Gasteiger partial charge in [0.2, 0.25) is 0 Å². The minimum atomic E-state index is 0.210. The van der Waals surface area contributed by atoms with E-state index >= 15 is 0 Å². The second kappa shape index (κ2) is 9.20. The molecular weight excluding hydrogens is 394 g/mol. The zero-order chi connectivity index (χ0) is 23.7. The van der Waals surface area contributed by atoms with Crippen molar-refractivity contribution in [1.29, 1.82) is 0 Å². The van der Waals surface area contributed by atoms with E-state index in [1.807, 2.05) is 40.1 Å². The first-order valence-electron chi connectivity index (χ1n) is 11.3. The van der Waals surface area contributed by atoms with E-state index in [2.05, 4.69) is 68.7 Å². The van der Waals surface area contributed by atoms with Crippen molar-refractivity contribution in [3.63, 3.8) is 0 Å². The second-order valence-corrected chi connectivity index (χ2v) is 9.52. The van der Waals surface area contributed by atoms with E-state index < -0.39 is 0 Å². The second-order valence-electron chi connectivity index (χ2n) is 9.52. The smallest absolute Gasteiger partial charge is 0.199 e. The summed E-state index contributed by atoms with van der Waals surface area (Å²) in [4.78, 5) is 0. The summed E-state index contributed by atoms with van der Waals surface area (Å²) in [6.07, 6.45) is 8.34. The summed E-state index contributed by atoms with van der Waals surface area (Å²) >= 11 is 0. The number of nitrogens with zero attached hydrogens (tertiary/aromatic N) is 1. The largest absolute Gasteiger partial charge is 0.507 e. The highest BCUT2D eigenvalue weighted by atomic mass is 16.3. The van der Waals surface area contributed by atoms with Gasteiger partial charge < -0.3 is 10.2 Å². The molecule has 0 saturated heterocycles. The molecule has 3 heteroatoms. The molecule has 3 rings (SSSR count). The summed E-state index contributed by atoms with van der Waals surface area (Å²) in [5.41, 5.74) is 8.34. The Balaban J connectivity index is 2.53. The van der Waals surface area contributed by atoms with Crippen LogP contribution in [0.4, 0.5) is 0 Å². The molecule has 2 aromatic carbocycles. The van der Waals surface area contributed by atoms with Crippen molar-refractivity contribution < 1.29 is 14.8 Å². The monoisotopic (exact) mass is 430 g/mol. The van der Waals surface area contributed by atoms with Crippen LogP contribution in [0.3, 0.4) is 0 Å². The number of phenolic OH excluding ortho intramolecular Hbond substituents is 2. The van der Waals surface area contributed by atoms with Gasteiger partial charge in [-0.25, -0.2) is 4.58 Å². The molecule has 0 aliphatic heterocycles. The van der Waals surface area contributed by atoms with Gasteiger partial charge in [-0.1, -0.05) is 52.0 Å². The molecular formula is C29H36NO2+. The van der Waals surface area contributed by atoms with Crippen LogP contribution in [0, 0.1) is 13.8 Å². The summed E-state index contributed by atoms with van der Waals surface area (Å²) in [7, 11) is 4.04. The van der Waals surface area contributed by atoms with Crippen molar-refractivity contribution in [2.45, 2.75) is 53.4 Å². The number of benzene rings is 2. The standard InChI is InChI=1S/C29H35NO2/c1-17(2)23-15-9-19(5)28(31)26(23)25(21-11-13-22(14-12-21)30(7)8)27-24(18(3)4)16-10-20(6)29(27)32/h9-18H,1-8H3,(H,31,32)/p+1. The molecule has 3 nitrogen and oxygen atoms in total. The summed E-state index contributed by atoms with van der Waals surface area (Å²) in [6, 6.07) is 8.15. The van der Waals surface area contributed by atoms with Crippen molar-refractivity contribution in [3.8, 4) is 11.5 Å². The van der Waals surface area contributed by atoms with Gasteiger partial charge in [0.05, 0.1) is 0 Å². The molecule has 0 atom stereocenters. The molecule has 0 spiro atoms. The van der Waals surface area contributed by atoms with E-state index in [9.17, 15) is 10.2 Å². The summed E-state index contributed by atoms with van der Waals surface area (Å²) < 4.78 is 2.07. The number of aromatic hydroxyl groups is 2. The molecule has 32 heavy (non-hydrogen) atoms. The predicted octanol–water partition coefficient (Wildman–Crippen LogP) is 6.60. The van der Waals surface area contributed by atoms with Crippen LogP contribution >= 0.6 is 0 Å². The SMILES string of the molecule is Cc1ccc(C(C)C)c(C(=C2C=CC(=[N+](C)C)C=C2)c2c(C(C)C)ccc(C)c2O)c1O. The fourth-order valence-electron chi connectivity index (χ4n) is 4.25. The Bertz CT molecular complexity index is 1090. The van der Waals surface area contributed by atoms with Crippen molar-refractivity contribution in [2.24, 2.45) is 0 Å². The van der Waals surface area contributed by atoms with Crippen LogP contribution in [0.2, 0.25) is 0 Å². The molecule has 0 heterocycles. The van der Waals surface area contributed by atoms with Crippen molar-refractivity contribution in [1.82, 2.24) is 0 Å². The maximum atomic E-state index is 11.3. The zero-order valence-corrected chi connectivity index (χ0v) is 20.6. The van der Waals surface area contributed by atoms with Crippen LogP contribution in [0.15, 0.2) is 54.1 Å². The average molecular weight is 431 g/mol. The van der Waals surface area contributed by atoms with E-state index in [1.165, 1.54) is 0 Å². The van der Waals surface area contributed by atoms with Gasteiger partial charge in [0.25, 0.3) is 0 Å². The average Bonchev–Trinajstić information content (AvgIpc) is 2.74. The van der Waals surface area contributed by atoms with E-state index in [-0.39, 0.29) is 23.3 Å². The molecule has 0 saturated carbocycles. The van der Waals surface area contributed by atoms with Crippen LogP contribution < -0.4 is 0 Å². The molecule has 0 aromatic heterocycles. The number of hydrogen-bond acceptors (Lipinski definition) is 2. The van der Waals surface area contributed by atoms with Crippen molar-refractivity contribution >= 4 is 11.3 Å². The lowest BCUT2D eigenvalue weighted by Crippen LogP contribution is -2.11. The van der Waals surface area contributed by atoms with Gasteiger partial charge in [-0.2, -0.15) is 0 Å². The molecule has 1 aliphatic carbocycles. The third-order valence-corrected chi connectivity index (χ3v) is 6.24. The lowest BCUT2D eigenvalue weighted by molar-refractivity contribution is -0.462. The van der Waals surface area contributed by atoms with Gasteiger partial charge >= 0.3 is 0 Å². The van der Waals surface area contributed by atoms with Gasteiger partial charge in [0.15, 0.2) is 5.71 Å². The summed E-state index contributed by atoms with van der Waals surface area (Å²) in [6.45, 7) is 12.4. The van der Waals surface area contributed by atoms with Crippen LogP contribution in [0.5, 0.6) is 11.5 Å². The number of allylic oxidation sites excluding steroid dienone is 5. The highest BCUT2D eigenvalue weighted by Crippen LogP contribution is 2.46. The lowest BCUT2D eigenvalue weighted by Gasteiger charge is -2.25. The molecule has 168 valence electrons.